The zero-order chi connectivity index (χ0) is 25.4. The predicted molar refractivity (Wildman–Crippen MR) is 140 cm³/mol. The van der Waals surface area contributed by atoms with Crippen molar-refractivity contribution in [2.75, 3.05) is 30.0 Å². The third-order valence-corrected chi connectivity index (χ3v) is 7.12. The number of aromatic nitrogens is 4. The van der Waals surface area contributed by atoms with Crippen LogP contribution in [0.3, 0.4) is 0 Å². The molecule has 4 heterocycles. The van der Waals surface area contributed by atoms with Crippen LogP contribution < -0.4 is 15.1 Å². The van der Waals surface area contributed by atoms with Gasteiger partial charge in [0.25, 0.3) is 0 Å². The first-order valence-electron chi connectivity index (χ1n) is 12.3. The number of ether oxygens (including phenoxy) is 1. The Kier molecular flexibility index (Phi) is 6.04. The predicted octanol–water partition coefficient (Wildman–Crippen LogP) is 4.38. The van der Waals surface area contributed by atoms with E-state index >= 15 is 0 Å². The van der Waals surface area contributed by atoms with E-state index in [0.29, 0.717) is 32.2 Å². The van der Waals surface area contributed by atoms with E-state index in [9.17, 15) is 5.26 Å². The summed E-state index contributed by atoms with van der Waals surface area (Å²) < 4.78 is 7.85. The second-order valence-electron chi connectivity index (χ2n) is 9.90. The van der Waals surface area contributed by atoms with Crippen LogP contribution in [0.4, 0.5) is 11.5 Å². The first-order valence-corrected chi connectivity index (χ1v) is 12.3. The highest BCUT2D eigenvalue weighted by molar-refractivity contribution is 5.69. The summed E-state index contributed by atoms with van der Waals surface area (Å²) in [7, 11) is 1.92. The normalized spacial score (nSPS) is 15.9. The van der Waals surface area contributed by atoms with Gasteiger partial charge in [-0.2, -0.15) is 5.26 Å². The maximum Gasteiger partial charge on any atom is 0.163 e. The average Bonchev–Trinajstić information content (AvgIpc) is 3.25. The van der Waals surface area contributed by atoms with E-state index in [1.54, 1.807) is 6.33 Å². The number of hydrogen-bond acceptors (Lipinski definition) is 8. The minimum absolute atomic E-state index is 0.305. The summed E-state index contributed by atoms with van der Waals surface area (Å²) in [6, 6.07) is 10.7. The molecule has 1 N–H and O–H groups in total. The van der Waals surface area contributed by atoms with E-state index in [2.05, 4.69) is 52.6 Å². The van der Waals surface area contributed by atoms with Crippen LogP contribution in [0.15, 0.2) is 36.8 Å². The summed E-state index contributed by atoms with van der Waals surface area (Å²) in [6.45, 7) is 10.9. The van der Waals surface area contributed by atoms with Gasteiger partial charge in [-0.15, -0.1) is 10.2 Å². The Hall–Kier alpha value is -4.06. The molecule has 5 rings (SSSR count). The molecule has 2 aliphatic heterocycles. The quantitative estimate of drug-likeness (QED) is 0.528. The van der Waals surface area contributed by atoms with E-state index in [1.807, 2.05) is 54.9 Å². The number of pyridine rings is 1. The lowest BCUT2D eigenvalue weighted by atomic mass is 9.72. The zero-order valence-corrected chi connectivity index (χ0v) is 21.5. The highest BCUT2D eigenvalue weighted by atomic mass is 16.5. The van der Waals surface area contributed by atoms with Crippen molar-refractivity contribution in [3.63, 3.8) is 0 Å². The zero-order valence-electron chi connectivity index (χ0n) is 21.5. The van der Waals surface area contributed by atoms with Gasteiger partial charge in [-0.05, 0) is 55.7 Å². The summed E-state index contributed by atoms with van der Waals surface area (Å²) >= 11 is 0. The second-order valence-corrected chi connectivity index (χ2v) is 9.90. The lowest BCUT2D eigenvalue weighted by Crippen LogP contribution is -2.59. The molecule has 1 aromatic carbocycles. The van der Waals surface area contributed by atoms with Gasteiger partial charge in [-0.3, -0.25) is 10.4 Å². The van der Waals surface area contributed by atoms with Gasteiger partial charge in [0.15, 0.2) is 5.82 Å². The van der Waals surface area contributed by atoms with Gasteiger partial charge in [0.2, 0.25) is 0 Å². The highest BCUT2D eigenvalue weighted by Gasteiger charge is 2.47. The molecule has 0 unspecified atom stereocenters. The first-order chi connectivity index (χ1) is 17.3. The number of nitrogens with zero attached hydrogens (tertiary/aromatic N) is 7. The number of hydrogen-bond donors (Lipinski definition) is 1. The number of rotatable bonds is 7. The molecular formula is C27H32N8O. The molecule has 2 aliphatic rings. The standard InChI is InChI=1S/C27H32N8O/c1-6-36-24-12-21(25-31-29-17-33(25)5)7-8-23(24)32-35-10-9-20-11-19(4)30-26(22(20)13-35)34-15-27(14-28,16-34)18(2)3/h7-12,17-18,32H,6,13,15-16H2,1-5H3. The Morgan fingerprint density at radius 3 is 2.72 bits per heavy atom. The molecule has 2 aromatic heterocycles. The van der Waals surface area contributed by atoms with Crippen molar-refractivity contribution in [3.05, 3.63) is 53.6 Å². The molecule has 0 bridgehead atoms. The molecule has 186 valence electrons. The lowest BCUT2D eigenvalue weighted by Gasteiger charge is -2.49. The van der Waals surface area contributed by atoms with Crippen LogP contribution >= 0.6 is 0 Å². The topological polar surface area (TPSA) is 95.1 Å². The maximum absolute atomic E-state index is 9.79. The van der Waals surface area contributed by atoms with Crippen molar-refractivity contribution in [3.8, 4) is 23.2 Å². The summed E-state index contributed by atoms with van der Waals surface area (Å²) in [4.78, 5) is 7.14. The Bertz CT molecular complexity index is 1350. The summed E-state index contributed by atoms with van der Waals surface area (Å²) in [5, 5.41) is 20.0. The van der Waals surface area contributed by atoms with Crippen LogP contribution in [0.2, 0.25) is 0 Å². The monoisotopic (exact) mass is 484 g/mol. The van der Waals surface area contributed by atoms with E-state index in [0.717, 1.165) is 45.5 Å². The molecule has 0 amide bonds. The minimum atomic E-state index is -0.308. The van der Waals surface area contributed by atoms with Gasteiger partial charge in [0.05, 0.1) is 30.3 Å². The van der Waals surface area contributed by atoms with Gasteiger partial charge in [0, 0.05) is 43.2 Å². The Labute approximate surface area is 212 Å². The third-order valence-electron chi connectivity index (χ3n) is 7.12. The summed E-state index contributed by atoms with van der Waals surface area (Å²) in [6.07, 6.45) is 5.84. The molecule has 1 saturated heterocycles. The van der Waals surface area contributed by atoms with Crippen molar-refractivity contribution in [1.29, 1.82) is 5.26 Å². The number of benzene rings is 1. The number of anilines is 2. The first kappa shape index (κ1) is 23.7. The van der Waals surface area contributed by atoms with Gasteiger partial charge in [-0.25, -0.2) is 4.98 Å². The fourth-order valence-corrected chi connectivity index (χ4v) is 4.83. The Morgan fingerprint density at radius 1 is 1.25 bits per heavy atom. The van der Waals surface area contributed by atoms with Crippen LogP contribution in [-0.4, -0.2) is 44.5 Å². The second kappa shape index (κ2) is 9.19. The molecular weight excluding hydrogens is 452 g/mol. The summed E-state index contributed by atoms with van der Waals surface area (Å²) in [5.74, 6) is 2.80. The number of hydrazine groups is 1. The van der Waals surface area contributed by atoms with E-state index < -0.39 is 0 Å². The molecule has 36 heavy (non-hydrogen) atoms. The fourth-order valence-electron chi connectivity index (χ4n) is 4.83. The average molecular weight is 485 g/mol. The smallest absolute Gasteiger partial charge is 0.163 e. The van der Waals surface area contributed by atoms with Crippen molar-refractivity contribution in [2.45, 2.75) is 34.2 Å². The van der Waals surface area contributed by atoms with Crippen molar-refractivity contribution < 1.29 is 4.74 Å². The summed E-state index contributed by atoms with van der Waals surface area (Å²) in [5.41, 5.74) is 8.30. The highest BCUT2D eigenvalue weighted by Crippen LogP contribution is 2.42. The van der Waals surface area contributed by atoms with Gasteiger partial charge >= 0.3 is 0 Å². The molecule has 0 saturated carbocycles. The molecule has 9 nitrogen and oxygen atoms in total. The van der Waals surface area contributed by atoms with E-state index in [4.69, 9.17) is 9.72 Å². The van der Waals surface area contributed by atoms with Crippen molar-refractivity contribution in [2.24, 2.45) is 18.4 Å². The number of nitriles is 1. The van der Waals surface area contributed by atoms with Crippen molar-refractivity contribution >= 4 is 17.6 Å². The van der Waals surface area contributed by atoms with Crippen LogP contribution in [-0.2, 0) is 13.6 Å². The minimum Gasteiger partial charge on any atom is -0.492 e. The van der Waals surface area contributed by atoms with Crippen LogP contribution in [0, 0.1) is 29.6 Å². The van der Waals surface area contributed by atoms with Crippen molar-refractivity contribution in [1.82, 2.24) is 24.8 Å². The molecule has 9 heteroatoms. The van der Waals surface area contributed by atoms with Gasteiger partial charge in [-0.1, -0.05) is 13.8 Å². The number of aryl methyl sites for hydroxylation is 2. The maximum atomic E-state index is 9.79. The largest absolute Gasteiger partial charge is 0.492 e. The number of nitrogens with one attached hydrogen (secondary N) is 1. The van der Waals surface area contributed by atoms with E-state index in [-0.39, 0.29) is 5.41 Å². The van der Waals surface area contributed by atoms with Crippen LogP contribution in [0.5, 0.6) is 5.75 Å². The van der Waals surface area contributed by atoms with Gasteiger partial charge in [0.1, 0.15) is 17.9 Å². The van der Waals surface area contributed by atoms with Crippen LogP contribution in [0.1, 0.15) is 37.6 Å². The number of fused-ring (bicyclic) bond motifs is 1. The molecule has 0 atom stereocenters. The van der Waals surface area contributed by atoms with E-state index in [1.165, 1.54) is 0 Å². The van der Waals surface area contributed by atoms with Gasteiger partial charge < -0.3 is 14.2 Å². The molecule has 0 radical (unpaired) electrons. The fraction of sp³-hybridized carbons (Fsp3) is 0.407. The molecule has 0 aliphatic carbocycles. The SMILES string of the molecule is CCOc1cc(-c2nncn2C)ccc1NN1C=Cc2cc(C)nc(N3CC(C#N)(C(C)C)C3)c2C1. The van der Waals surface area contributed by atoms with Crippen LogP contribution in [0.25, 0.3) is 17.5 Å². The lowest BCUT2D eigenvalue weighted by molar-refractivity contribution is 0.210. The third kappa shape index (κ3) is 4.13. The molecule has 0 spiro atoms. The Balaban J connectivity index is 1.40. The molecule has 3 aromatic rings. The molecule has 1 fully saturated rings. The Morgan fingerprint density at radius 2 is 2.06 bits per heavy atom.